The molecule has 0 saturated heterocycles. The molecule has 0 fully saturated rings. The van der Waals surface area contributed by atoms with Crippen LogP contribution in [0.15, 0.2) is 39.9 Å². The summed E-state index contributed by atoms with van der Waals surface area (Å²) in [5.41, 5.74) is 0.243. The predicted octanol–water partition coefficient (Wildman–Crippen LogP) is 5.15. The Labute approximate surface area is 266 Å². The van der Waals surface area contributed by atoms with E-state index in [1.54, 1.807) is 31.4 Å². The molecular weight excluding hydrogens is 635 g/mol. The van der Waals surface area contributed by atoms with E-state index in [2.05, 4.69) is 4.72 Å². The van der Waals surface area contributed by atoms with Gasteiger partial charge in [0, 0.05) is 44.8 Å². The van der Waals surface area contributed by atoms with Crippen molar-refractivity contribution in [3.8, 4) is 5.75 Å². The number of anilines is 1. The van der Waals surface area contributed by atoms with Crippen LogP contribution in [0.2, 0.25) is 0 Å². The van der Waals surface area contributed by atoms with Crippen molar-refractivity contribution < 1.29 is 45.8 Å². The van der Waals surface area contributed by atoms with Crippen molar-refractivity contribution >= 4 is 38.9 Å². The average molecular weight is 678 g/mol. The number of likely N-dealkylation sites (N-methyl/N-ethyl adjacent to an activating group) is 1. The number of amides is 2. The second-order valence-corrected chi connectivity index (χ2v) is 14.3. The Morgan fingerprint density at radius 2 is 1.98 bits per heavy atom. The summed E-state index contributed by atoms with van der Waals surface area (Å²) in [7, 11) is -2.48. The summed E-state index contributed by atoms with van der Waals surface area (Å²) in [6.07, 6.45) is -5.27. The summed E-state index contributed by atoms with van der Waals surface area (Å²) >= 11 is 1.05. The first-order chi connectivity index (χ1) is 21.1. The number of nitrogens with one attached hydrogen (secondary N) is 1. The number of rotatable bonds is 9. The second kappa shape index (κ2) is 16.1. The molecule has 0 unspecified atom stereocenters. The maximum atomic E-state index is 14.2. The third-order valence-electron chi connectivity index (χ3n) is 7.57. The van der Waals surface area contributed by atoms with E-state index in [9.17, 15) is 36.3 Å². The average Bonchev–Trinajstić information content (AvgIpc) is 3.53. The molecular formula is C30H42F3N3O7S2. The molecule has 0 radical (unpaired) electrons. The molecule has 3 rings (SSSR count). The van der Waals surface area contributed by atoms with Crippen molar-refractivity contribution in [2.45, 2.75) is 81.5 Å². The fourth-order valence-corrected chi connectivity index (χ4v) is 6.92. The lowest BCUT2D eigenvalue weighted by Crippen LogP contribution is -2.48. The Morgan fingerprint density at radius 3 is 2.62 bits per heavy atom. The summed E-state index contributed by atoms with van der Waals surface area (Å²) < 4.78 is 78.9. The van der Waals surface area contributed by atoms with E-state index in [0.717, 1.165) is 17.8 Å². The first-order valence-electron chi connectivity index (χ1n) is 14.8. The number of hydrogen-bond donors (Lipinski definition) is 2. The SMILES string of the molecule is C[C@H](CO)N1C[C@H](C)[C@H](CN(C)C(=O)CCC(F)(F)F)OCCCC[C@H](C)Oc2ccc(NS(=O)(=O)c3cccs3)cc2C1=O. The zero-order valence-corrected chi connectivity index (χ0v) is 27.5. The molecule has 2 amide bonds. The molecule has 1 aliphatic rings. The van der Waals surface area contributed by atoms with Gasteiger partial charge < -0.3 is 24.4 Å². The van der Waals surface area contributed by atoms with E-state index in [0.29, 0.717) is 19.4 Å². The number of halogens is 3. The Hall–Kier alpha value is -2.88. The van der Waals surface area contributed by atoms with Gasteiger partial charge in [-0.05, 0) is 62.8 Å². The van der Waals surface area contributed by atoms with Gasteiger partial charge in [-0.15, -0.1) is 11.3 Å². The second-order valence-electron chi connectivity index (χ2n) is 11.4. The van der Waals surface area contributed by atoms with Gasteiger partial charge in [0.05, 0.1) is 36.8 Å². The zero-order valence-electron chi connectivity index (χ0n) is 25.9. The van der Waals surface area contributed by atoms with Crippen molar-refractivity contribution in [3.63, 3.8) is 0 Å². The normalized spacial score (nSPS) is 21.3. The minimum atomic E-state index is -4.45. The summed E-state index contributed by atoms with van der Waals surface area (Å²) in [6, 6.07) is 6.88. The van der Waals surface area contributed by atoms with E-state index in [-0.39, 0.29) is 47.0 Å². The Kier molecular flexibility index (Phi) is 13.1. The van der Waals surface area contributed by atoms with Crippen LogP contribution in [0.1, 0.15) is 63.2 Å². The number of sulfonamides is 1. The first kappa shape index (κ1) is 36.6. The summed E-state index contributed by atoms with van der Waals surface area (Å²) in [5, 5.41) is 11.7. The molecule has 0 spiro atoms. The van der Waals surface area contributed by atoms with E-state index < -0.39 is 58.9 Å². The number of carbonyl (C=O) groups excluding carboxylic acids is 2. The number of hydrogen-bond acceptors (Lipinski definition) is 8. The van der Waals surface area contributed by atoms with E-state index in [4.69, 9.17) is 9.47 Å². The molecule has 2 N–H and O–H groups in total. The van der Waals surface area contributed by atoms with Gasteiger partial charge in [-0.1, -0.05) is 13.0 Å². The number of nitrogens with zero attached hydrogens (tertiary/aromatic N) is 2. The molecule has 1 aromatic carbocycles. The number of aliphatic hydroxyl groups is 1. The van der Waals surface area contributed by atoms with E-state index >= 15 is 0 Å². The number of benzene rings is 1. The van der Waals surface area contributed by atoms with E-state index in [1.807, 2.05) is 6.92 Å². The van der Waals surface area contributed by atoms with Crippen LogP contribution in [0.4, 0.5) is 18.9 Å². The smallest absolute Gasteiger partial charge is 0.389 e. The fraction of sp³-hybridized carbons (Fsp3) is 0.600. The van der Waals surface area contributed by atoms with Crippen LogP contribution in [-0.4, -0.2) is 92.9 Å². The highest BCUT2D eigenvalue weighted by Gasteiger charge is 2.32. The molecule has 0 saturated carbocycles. The number of thiophene rings is 1. The maximum absolute atomic E-state index is 14.2. The van der Waals surface area contributed by atoms with Crippen LogP contribution in [0.5, 0.6) is 5.75 Å². The van der Waals surface area contributed by atoms with Crippen molar-refractivity contribution in [1.82, 2.24) is 9.80 Å². The van der Waals surface area contributed by atoms with Gasteiger partial charge in [0.2, 0.25) is 5.91 Å². The highest BCUT2D eigenvalue weighted by Crippen LogP contribution is 2.30. The molecule has 0 aliphatic carbocycles. The van der Waals surface area contributed by atoms with Gasteiger partial charge in [0.1, 0.15) is 9.96 Å². The van der Waals surface area contributed by atoms with E-state index in [1.165, 1.54) is 35.0 Å². The Morgan fingerprint density at radius 1 is 1.24 bits per heavy atom. The maximum Gasteiger partial charge on any atom is 0.389 e. The number of carbonyl (C=O) groups is 2. The molecule has 252 valence electrons. The van der Waals surface area contributed by atoms with Gasteiger partial charge >= 0.3 is 6.18 Å². The monoisotopic (exact) mass is 677 g/mol. The molecule has 10 nitrogen and oxygen atoms in total. The van der Waals surface area contributed by atoms with Crippen molar-refractivity contribution in [3.05, 3.63) is 41.3 Å². The molecule has 0 bridgehead atoms. The number of alkyl halides is 3. The Balaban J connectivity index is 1.94. The Bertz CT molecular complexity index is 1370. The number of fused-ring (bicyclic) bond motifs is 1. The minimum Gasteiger partial charge on any atom is -0.490 e. The topological polar surface area (TPSA) is 125 Å². The summed E-state index contributed by atoms with van der Waals surface area (Å²) in [5.74, 6) is -1.34. The fourth-order valence-electron chi connectivity index (χ4n) is 4.88. The molecule has 1 aliphatic heterocycles. The molecule has 2 heterocycles. The van der Waals surface area contributed by atoms with Crippen LogP contribution in [0.25, 0.3) is 0 Å². The van der Waals surface area contributed by atoms with Crippen LogP contribution in [-0.2, 0) is 19.6 Å². The minimum absolute atomic E-state index is 0.0120. The van der Waals surface area contributed by atoms with Crippen LogP contribution < -0.4 is 9.46 Å². The largest absolute Gasteiger partial charge is 0.490 e. The van der Waals surface area contributed by atoms with Gasteiger partial charge in [0.15, 0.2) is 0 Å². The van der Waals surface area contributed by atoms with Gasteiger partial charge in [0.25, 0.3) is 15.9 Å². The highest BCUT2D eigenvalue weighted by molar-refractivity contribution is 7.94. The molecule has 15 heteroatoms. The van der Waals surface area contributed by atoms with Gasteiger partial charge in [-0.3, -0.25) is 14.3 Å². The van der Waals surface area contributed by atoms with Crippen molar-refractivity contribution in [1.29, 1.82) is 0 Å². The highest BCUT2D eigenvalue weighted by atomic mass is 32.2. The number of ether oxygens (including phenoxy) is 2. The molecule has 4 atom stereocenters. The summed E-state index contributed by atoms with van der Waals surface area (Å²) in [4.78, 5) is 29.3. The summed E-state index contributed by atoms with van der Waals surface area (Å²) in [6.45, 7) is 5.35. The zero-order chi connectivity index (χ0) is 33.4. The quantitative estimate of drug-likeness (QED) is 0.377. The lowest BCUT2D eigenvalue weighted by molar-refractivity contribution is -0.149. The molecule has 2 aromatic rings. The van der Waals surface area contributed by atoms with Crippen LogP contribution in [0.3, 0.4) is 0 Å². The lowest BCUT2D eigenvalue weighted by Gasteiger charge is -2.36. The van der Waals surface area contributed by atoms with Crippen LogP contribution >= 0.6 is 11.3 Å². The third-order valence-corrected chi connectivity index (χ3v) is 10.3. The van der Waals surface area contributed by atoms with Crippen LogP contribution in [0, 0.1) is 5.92 Å². The van der Waals surface area contributed by atoms with Gasteiger partial charge in [-0.25, -0.2) is 8.42 Å². The lowest BCUT2D eigenvalue weighted by atomic mass is 10.0. The number of aliphatic hydroxyl groups excluding tert-OH is 1. The first-order valence-corrected chi connectivity index (χ1v) is 17.2. The molecule has 1 aromatic heterocycles. The van der Waals surface area contributed by atoms with Crippen molar-refractivity contribution in [2.24, 2.45) is 5.92 Å². The third kappa shape index (κ3) is 10.9. The van der Waals surface area contributed by atoms with Gasteiger partial charge in [-0.2, -0.15) is 13.2 Å². The molecule has 45 heavy (non-hydrogen) atoms. The predicted molar refractivity (Wildman–Crippen MR) is 165 cm³/mol. The van der Waals surface area contributed by atoms with Crippen molar-refractivity contribution in [2.75, 3.05) is 38.1 Å². The standard InChI is InChI=1S/C30H42F3N3O7S2/c1-20-17-36(21(2)19-37)29(39)24-16-23(34-45(40,41)28-9-7-15-44-28)10-11-25(24)43-22(3)8-5-6-14-42-26(20)18-35(4)27(38)12-13-30(31,32)33/h7,9-11,15-16,20-22,26,34,37H,5-6,8,12-14,17-19H2,1-4H3/t20-,21+,22-,26-/m0/s1.